The number of likely N-dealkylation sites (tertiary alicyclic amines) is 1. The van der Waals surface area contributed by atoms with E-state index in [1.807, 2.05) is 60.7 Å². The van der Waals surface area contributed by atoms with E-state index >= 15 is 0 Å². The van der Waals surface area contributed by atoms with Gasteiger partial charge < -0.3 is 24.2 Å². The predicted molar refractivity (Wildman–Crippen MR) is 127 cm³/mol. The van der Waals surface area contributed by atoms with Crippen LogP contribution in [0.1, 0.15) is 34.3 Å². The zero-order valence-electron chi connectivity index (χ0n) is 19.4. The molecule has 2 aliphatic heterocycles. The first-order valence-electron chi connectivity index (χ1n) is 11.6. The Kier molecular flexibility index (Phi) is 6.28. The smallest absolute Gasteiger partial charge is 0.338 e. The Balaban J connectivity index is 1.37. The van der Waals surface area contributed by atoms with Gasteiger partial charge in [-0.2, -0.15) is 0 Å². The van der Waals surface area contributed by atoms with Crippen molar-refractivity contribution in [1.29, 1.82) is 0 Å². The lowest BCUT2D eigenvalue weighted by molar-refractivity contribution is -0.229. The summed E-state index contributed by atoms with van der Waals surface area (Å²) in [6.07, 6.45) is -0.581. The number of aliphatic hydroxyl groups is 1. The number of nitrogens with zero attached hydrogens (tertiary/aromatic N) is 1. The number of methoxy groups -OCH3 is 1. The Bertz CT molecular complexity index is 1180. The maximum Gasteiger partial charge on any atom is 0.338 e. The Morgan fingerprint density at radius 3 is 2.34 bits per heavy atom. The number of rotatable bonds is 7. The SMILES string of the molecule is COc1ccc(C(=O)O[C@H]2C(=O)N(Cc3ccccc3)[C@H]2[C@H]2CC[C@@](O)(c3ccccc3)O2)cc1. The van der Waals surface area contributed by atoms with Gasteiger partial charge in [0.15, 0.2) is 5.79 Å². The first-order chi connectivity index (χ1) is 17.0. The molecule has 0 spiro atoms. The first kappa shape index (κ1) is 23.1. The summed E-state index contributed by atoms with van der Waals surface area (Å²) in [6, 6.07) is 24.8. The summed E-state index contributed by atoms with van der Waals surface area (Å²) < 4.78 is 17.0. The van der Waals surface area contributed by atoms with Crippen LogP contribution < -0.4 is 4.74 Å². The second-order valence-corrected chi connectivity index (χ2v) is 8.84. The van der Waals surface area contributed by atoms with Gasteiger partial charge in [-0.25, -0.2) is 4.79 Å². The fourth-order valence-electron chi connectivity index (χ4n) is 4.79. The van der Waals surface area contributed by atoms with Gasteiger partial charge in [0.2, 0.25) is 6.10 Å². The molecule has 4 atom stereocenters. The molecule has 1 N–H and O–H groups in total. The van der Waals surface area contributed by atoms with Crippen LogP contribution in [0, 0.1) is 0 Å². The molecule has 0 aliphatic carbocycles. The molecule has 2 fully saturated rings. The van der Waals surface area contributed by atoms with Crippen molar-refractivity contribution >= 4 is 11.9 Å². The van der Waals surface area contributed by atoms with Gasteiger partial charge in [0, 0.05) is 18.5 Å². The Morgan fingerprint density at radius 2 is 1.69 bits per heavy atom. The molecule has 0 radical (unpaired) electrons. The van der Waals surface area contributed by atoms with Crippen molar-refractivity contribution in [1.82, 2.24) is 4.90 Å². The maximum atomic E-state index is 13.1. The van der Waals surface area contributed by atoms with Crippen molar-refractivity contribution in [3.8, 4) is 5.75 Å². The van der Waals surface area contributed by atoms with Crippen molar-refractivity contribution in [2.24, 2.45) is 0 Å². The molecule has 5 rings (SSSR count). The normalized spacial score (nSPS) is 25.7. The molecule has 180 valence electrons. The van der Waals surface area contributed by atoms with E-state index < -0.39 is 30.0 Å². The molecule has 0 aromatic heterocycles. The van der Waals surface area contributed by atoms with Gasteiger partial charge in [-0.1, -0.05) is 60.7 Å². The zero-order chi connectivity index (χ0) is 24.4. The lowest BCUT2D eigenvalue weighted by Gasteiger charge is -2.48. The van der Waals surface area contributed by atoms with Crippen LogP contribution in [-0.2, 0) is 26.6 Å². The number of benzene rings is 3. The fraction of sp³-hybridized carbons (Fsp3) is 0.286. The molecule has 3 aromatic carbocycles. The minimum Gasteiger partial charge on any atom is -0.497 e. The van der Waals surface area contributed by atoms with Crippen LogP contribution in [0.25, 0.3) is 0 Å². The number of hydrogen-bond acceptors (Lipinski definition) is 6. The van der Waals surface area contributed by atoms with Crippen molar-refractivity contribution < 1.29 is 28.9 Å². The van der Waals surface area contributed by atoms with Crippen molar-refractivity contribution in [3.05, 3.63) is 102 Å². The van der Waals surface area contributed by atoms with Crippen molar-refractivity contribution in [3.63, 3.8) is 0 Å². The van der Waals surface area contributed by atoms with Crippen LogP contribution >= 0.6 is 0 Å². The van der Waals surface area contributed by atoms with Crippen molar-refractivity contribution in [2.45, 2.75) is 43.4 Å². The molecule has 35 heavy (non-hydrogen) atoms. The molecular weight excluding hydrogens is 446 g/mol. The van der Waals surface area contributed by atoms with Crippen LogP contribution in [0.5, 0.6) is 5.75 Å². The van der Waals surface area contributed by atoms with E-state index in [4.69, 9.17) is 14.2 Å². The second-order valence-electron chi connectivity index (χ2n) is 8.84. The number of esters is 1. The van der Waals surface area contributed by atoms with Gasteiger partial charge in [-0.15, -0.1) is 0 Å². The summed E-state index contributed by atoms with van der Waals surface area (Å²) >= 11 is 0. The molecule has 1 amide bonds. The van der Waals surface area contributed by atoms with Crippen LogP contribution in [0.3, 0.4) is 0 Å². The van der Waals surface area contributed by atoms with E-state index in [0.717, 1.165) is 5.56 Å². The molecular formula is C28H27NO6. The average molecular weight is 474 g/mol. The van der Waals surface area contributed by atoms with Gasteiger partial charge in [0.1, 0.15) is 11.8 Å². The molecule has 7 nitrogen and oxygen atoms in total. The molecule has 0 unspecified atom stereocenters. The summed E-state index contributed by atoms with van der Waals surface area (Å²) in [4.78, 5) is 27.7. The van der Waals surface area contributed by atoms with E-state index in [2.05, 4.69) is 0 Å². The summed E-state index contributed by atoms with van der Waals surface area (Å²) in [7, 11) is 1.55. The summed E-state index contributed by atoms with van der Waals surface area (Å²) in [5.41, 5.74) is 1.95. The Morgan fingerprint density at radius 1 is 1.03 bits per heavy atom. The fourth-order valence-corrected chi connectivity index (χ4v) is 4.79. The highest BCUT2D eigenvalue weighted by Gasteiger charge is 2.57. The summed E-state index contributed by atoms with van der Waals surface area (Å²) in [6.45, 7) is 0.366. The minimum atomic E-state index is -1.45. The monoisotopic (exact) mass is 473 g/mol. The van der Waals surface area contributed by atoms with E-state index in [-0.39, 0.29) is 5.91 Å². The van der Waals surface area contributed by atoms with Crippen LogP contribution in [0.2, 0.25) is 0 Å². The highest BCUT2D eigenvalue weighted by molar-refractivity contribution is 5.95. The highest BCUT2D eigenvalue weighted by Crippen LogP contribution is 2.43. The van der Waals surface area contributed by atoms with E-state index in [1.54, 1.807) is 36.3 Å². The van der Waals surface area contributed by atoms with E-state index in [0.29, 0.717) is 36.3 Å². The summed E-state index contributed by atoms with van der Waals surface area (Å²) in [5.74, 6) is -1.70. The largest absolute Gasteiger partial charge is 0.497 e. The van der Waals surface area contributed by atoms with Crippen molar-refractivity contribution in [2.75, 3.05) is 7.11 Å². The summed E-state index contributed by atoms with van der Waals surface area (Å²) in [5, 5.41) is 11.2. The molecule has 0 bridgehead atoms. The zero-order valence-corrected chi connectivity index (χ0v) is 19.4. The minimum absolute atomic E-state index is 0.278. The van der Waals surface area contributed by atoms with Gasteiger partial charge in [0.25, 0.3) is 5.91 Å². The lowest BCUT2D eigenvalue weighted by atomic mass is 9.89. The standard InChI is InChI=1S/C28H27NO6/c1-33-22-14-12-20(13-15-22)27(31)34-25-24(29(26(25)30)18-19-8-4-2-5-9-19)23-16-17-28(32,35-23)21-10-6-3-7-11-21/h2-15,23-25,32H,16-18H2,1H3/t23-,24+,25-,28+/m1/s1. The molecule has 7 heteroatoms. The lowest BCUT2D eigenvalue weighted by Crippen LogP contribution is -2.69. The van der Waals surface area contributed by atoms with Gasteiger partial charge in [-0.05, 0) is 36.2 Å². The van der Waals surface area contributed by atoms with E-state index in [1.165, 1.54) is 0 Å². The average Bonchev–Trinajstić information content (AvgIpc) is 3.30. The third kappa shape index (κ3) is 4.52. The van der Waals surface area contributed by atoms with Crippen LogP contribution in [-0.4, -0.2) is 47.2 Å². The predicted octanol–water partition coefficient (Wildman–Crippen LogP) is 3.66. The quantitative estimate of drug-likeness (QED) is 0.417. The number of hydrogen-bond donors (Lipinski definition) is 1. The first-order valence-corrected chi connectivity index (χ1v) is 11.6. The highest BCUT2D eigenvalue weighted by atomic mass is 16.6. The Hall–Kier alpha value is -3.68. The van der Waals surface area contributed by atoms with Gasteiger partial charge in [-0.3, -0.25) is 4.79 Å². The number of amides is 1. The molecule has 0 saturated carbocycles. The number of ether oxygens (including phenoxy) is 3. The topological polar surface area (TPSA) is 85.3 Å². The third-order valence-corrected chi connectivity index (χ3v) is 6.67. The second kappa shape index (κ2) is 9.52. The van der Waals surface area contributed by atoms with E-state index in [9.17, 15) is 14.7 Å². The number of carbonyl (C=O) groups is 2. The number of carbonyl (C=O) groups excluding carboxylic acids is 2. The molecule has 3 aromatic rings. The molecule has 2 aliphatic rings. The number of β-lactam (4-membered cyclic amide) rings is 1. The van der Waals surface area contributed by atoms with Crippen LogP contribution in [0.15, 0.2) is 84.9 Å². The van der Waals surface area contributed by atoms with Gasteiger partial charge in [0.05, 0.1) is 18.8 Å². The van der Waals surface area contributed by atoms with Gasteiger partial charge >= 0.3 is 5.97 Å². The third-order valence-electron chi connectivity index (χ3n) is 6.67. The van der Waals surface area contributed by atoms with Crippen LogP contribution in [0.4, 0.5) is 0 Å². The molecule has 2 heterocycles. The Labute approximate surface area is 203 Å². The molecule has 2 saturated heterocycles. The maximum absolute atomic E-state index is 13.1.